The van der Waals surface area contributed by atoms with Crippen LogP contribution < -0.4 is 20.2 Å². The first-order valence-electron chi connectivity index (χ1n) is 13.4. The molecule has 0 bridgehead atoms. The largest absolute Gasteiger partial charge is 0.497 e. The van der Waals surface area contributed by atoms with Crippen LogP contribution in [0.2, 0.25) is 18.6 Å². The maximum atomic E-state index is 13.2. The number of nitrogens with zero attached hydrogens (tertiary/aromatic N) is 2. The van der Waals surface area contributed by atoms with Crippen molar-refractivity contribution in [1.29, 1.82) is 0 Å². The average molecular weight is 545 g/mol. The van der Waals surface area contributed by atoms with Crippen LogP contribution in [0.25, 0.3) is 16.5 Å². The number of aliphatic hydroxyl groups excluding tert-OH is 1. The quantitative estimate of drug-likeness (QED) is 0.320. The van der Waals surface area contributed by atoms with Crippen molar-refractivity contribution < 1.29 is 19.3 Å². The van der Waals surface area contributed by atoms with Gasteiger partial charge in [-0.3, -0.25) is 4.79 Å². The van der Waals surface area contributed by atoms with E-state index in [-0.39, 0.29) is 35.8 Å². The van der Waals surface area contributed by atoms with E-state index in [4.69, 9.17) is 14.2 Å². The normalized spacial score (nSPS) is 19.8. The first-order valence-corrected chi connectivity index (χ1v) is 16.4. The van der Waals surface area contributed by atoms with Gasteiger partial charge in [-0.2, -0.15) is 9.78 Å². The summed E-state index contributed by atoms with van der Waals surface area (Å²) in [4.78, 5) is 13.2. The summed E-state index contributed by atoms with van der Waals surface area (Å²) >= 11 is 0. The van der Waals surface area contributed by atoms with Crippen molar-refractivity contribution in [2.24, 2.45) is 5.92 Å². The number of fused-ring (bicyclic) bond motifs is 2. The fourth-order valence-corrected chi connectivity index (χ4v) is 9.58. The van der Waals surface area contributed by atoms with E-state index < -0.39 is 8.07 Å². The van der Waals surface area contributed by atoms with Crippen LogP contribution in [0.3, 0.4) is 0 Å². The third-order valence-electron chi connectivity index (χ3n) is 8.35. The number of hydrogen-bond donors (Lipinski definition) is 1. The number of benzene rings is 3. The Hall–Kier alpha value is -3.46. The van der Waals surface area contributed by atoms with Crippen molar-refractivity contribution in [3.8, 4) is 17.2 Å². The molecule has 1 aromatic heterocycles. The van der Waals surface area contributed by atoms with E-state index >= 15 is 0 Å². The van der Waals surface area contributed by atoms with Gasteiger partial charge < -0.3 is 19.3 Å². The highest BCUT2D eigenvalue weighted by Crippen LogP contribution is 2.47. The molecular formula is C31H36N2O5Si. The van der Waals surface area contributed by atoms with Gasteiger partial charge in [0.25, 0.3) is 5.56 Å². The fourth-order valence-electron chi connectivity index (χ4n) is 6.08. The molecule has 0 spiro atoms. The van der Waals surface area contributed by atoms with Gasteiger partial charge in [0, 0.05) is 30.6 Å². The number of ether oxygens (including phenoxy) is 3. The second kappa shape index (κ2) is 11.0. The molecule has 0 amide bonds. The van der Waals surface area contributed by atoms with Crippen molar-refractivity contribution in [1.82, 2.24) is 9.78 Å². The van der Waals surface area contributed by atoms with E-state index in [0.29, 0.717) is 17.5 Å². The number of hydrogen-bond acceptors (Lipinski definition) is 6. The summed E-state index contributed by atoms with van der Waals surface area (Å²) in [6, 6.07) is 21.5. The second-order valence-electron chi connectivity index (χ2n) is 10.8. The molecule has 0 fully saturated rings. The van der Waals surface area contributed by atoms with Crippen LogP contribution in [-0.4, -0.2) is 49.9 Å². The Morgan fingerprint density at radius 1 is 1.08 bits per heavy atom. The van der Waals surface area contributed by atoms with Crippen molar-refractivity contribution >= 4 is 24.0 Å². The molecule has 204 valence electrons. The first kappa shape index (κ1) is 27.1. The molecule has 3 aromatic carbocycles. The Kier molecular flexibility index (Phi) is 7.62. The zero-order chi connectivity index (χ0) is 27.7. The molecule has 39 heavy (non-hydrogen) atoms. The Morgan fingerprint density at radius 3 is 2.51 bits per heavy atom. The van der Waals surface area contributed by atoms with Crippen LogP contribution in [-0.2, 0) is 4.74 Å². The lowest BCUT2D eigenvalue weighted by Crippen LogP contribution is -2.54. The third kappa shape index (κ3) is 4.88. The maximum Gasteiger partial charge on any atom is 0.279 e. The maximum absolute atomic E-state index is 13.2. The van der Waals surface area contributed by atoms with Crippen molar-refractivity contribution in [3.63, 3.8) is 0 Å². The molecule has 4 atom stereocenters. The second-order valence-corrected chi connectivity index (χ2v) is 15.6. The zero-order valence-electron chi connectivity index (χ0n) is 23.1. The van der Waals surface area contributed by atoms with Gasteiger partial charge in [0.1, 0.15) is 17.6 Å². The van der Waals surface area contributed by atoms with E-state index in [2.05, 4.69) is 37.2 Å². The van der Waals surface area contributed by atoms with Gasteiger partial charge in [0.05, 0.1) is 38.6 Å². The lowest BCUT2D eigenvalue weighted by molar-refractivity contribution is -0.0242. The molecule has 1 aliphatic heterocycles. The molecule has 1 unspecified atom stereocenters. The highest BCUT2D eigenvalue weighted by molar-refractivity contribution is 6.91. The Balaban J connectivity index is 1.53. The molecule has 0 saturated heterocycles. The van der Waals surface area contributed by atoms with E-state index in [1.807, 2.05) is 54.6 Å². The predicted octanol–water partition coefficient (Wildman–Crippen LogP) is 4.85. The number of rotatable bonds is 8. The van der Waals surface area contributed by atoms with Crippen LogP contribution in [0.1, 0.15) is 25.0 Å². The van der Waals surface area contributed by atoms with Gasteiger partial charge in [-0.05, 0) is 48.4 Å². The van der Waals surface area contributed by atoms with Crippen LogP contribution in [0.15, 0.2) is 77.7 Å². The lowest BCUT2D eigenvalue weighted by Gasteiger charge is -2.45. The van der Waals surface area contributed by atoms with Gasteiger partial charge in [0.15, 0.2) is 0 Å². The van der Waals surface area contributed by atoms with Crippen LogP contribution in [0.5, 0.6) is 11.5 Å². The van der Waals surface area contributed by atoms with Crippen LogP contribution in [0.4, 0.5) is 0 Å². The molecule has 8 heteroatoms. The van der Waals surface area contributed by atoms with Crippen molar-refractivity contribution in [2.75, 3.05) is 20.8 Å². The summed E-state index contributed by atoms with van der Waals surface area (Å²) < 4.78 is 19.6. The predicted molar refractivity (Wildman–Crippen MR) is 156 cm³/mol. The molecule has 7 nitrogen and oxygen atoms in total. The molecule has 1 aliphatic rings. The van der Waals surface area contributed by atoms with Crippen molar-refractivity contribution in [2.45, 2.75) is 44.2 Å². The third-order valence-corrected chi connectivity index (χ3v) is 12.6. The molecule has 0 saturated carbocycles. The number of aromatic nitrogens is 2. The van der Waals surface area contributed by atoms with Crippen LogP contribution in [0, 0.1) is 5.92 Å². The molecule has 0 aliphatic carbocycles. The summed E-state index contributed by atoms with van der Waals surface area (Å²) in [6.45, 7) is 6.91. The first-order chi connectivity index (χ1) is 18.8. The Bertz CT molecular complexity index is 1520. The molecule has 5 rings (SSSR count). The molecule has 1 N–H and O–H groups in total. The fraction of sp³-hybridized carbons (Fsp3) is 0.355. The molecule has 2 heterocycles. The minimum Gasteiger partial charge on any atom is -0.497 e. The van der Waals surface area contributed by atoms with Gasteiger partial charge >= 0.3 is 0 Å². The zero-order valence-corrected chi connectivity index (χ0v) is 24.1. The summed E-state index contributed by atoms with van der Waals surface area (Å²) in [5.41, 5.74) is 1.54. The monoisotopic (exact) mass is 544 g/mol. The topological polar surface area (TPSA) is 82.8 Å². The van der Waals surface area contributed by atoms with Crippen LogP contribution >= 0.6 is 0 Å². The van der Waals surface area contributed by atoms with E-state index in [9.17, 15) is 9.90 Å². The minimum atomic E-state index is -2.11. The molecular weight excluding hydrogens is 508 g/mol. The number of aliphatic hydroxyl groups is 1. The SMILES string of the molecule is COc1ccc([Si](C)(C)C(CCO)[C@@H]2Oc3ccc(-n4ncc5ccccc5c4=O)cc3[C@H](OC)[C@H]2C)cc1. The summed E-state index contributed by atoms with van der Waals surface area (Å²) in [5, 5.41) is 17.3. The minimum absolute atomic E-state index is 0.0145. The van der Waals surface area contributed by atoms with E-state index in [1.54, 1.807) is 20.4 Å². The molecule has 0 radical (unpaired) electrons. The van der Waals surface area contributed by atoms with E-state index in [1.165, 1.54) is 9.87 Å². The van der Waals surface area contributed by atoms with Gasteiger partial charge in [-0.15, -0.1) is 0 Å². The van der Waals surface area contributed by atoms with Gasteiger partial charge in [-0.1, -0.05) is 55.5 Å². The lowest BCUT2D eigenvalue weighted by atomic mass is 9.86. The highest BCUT2D eigenvalue weighted by atomic mass is 28.3. The van der Waals surface area contributed by atoms with Crippen molar-refractivity contribution in [3.05, 3.63) is 88.8 Å². The average Bonchev–Trinajstić information content (AvgIpc) is 2.96. The smallest absolute Gasteiger partial charge is 0.279 e. The molecule has 4 aromatic rings. The van der Waals surface area contributed by atoms with E-state index in [0.717, 1.165) is 22.4 Å². The number of methoxy groups -OCH3 is 2. The Labute approximate surface area is 230 Å². The highest BCUT2D eigenvalue weighted by Gasteiger charge is 2.47. The standard InChI is InChI=1S/C31H36N2O5Si/c1-20-29(37-3)26-18-22(33-31(35)25-9-7-6-8-21(25)19-32-33)10-15-27(26)38-30(20)28(16-17-34)39(4,5)24-13-11-23(36-2)12-14-24/h6-15,18-20,28-30,34H,16-17H2,1-5H3/t20-,28?,29-,30-/m1/s1. The Morgan fingerprint density at radius 2 is 1.82 bits per heavy atom. The summed E-state index contributed by atoms with van der Waals surface area (Å²) in [5.74, 6) is 1.58. The summed E-state index contributed by atoms with van der Waals surface area (Å²) in [6.07, 6.45) is 1.97. The summed E-state index contributed by atoms with van der Waals surface area (Å²) in [7, 11) is 1.28. The van der Waals surface area contributed by atoms with Gasteiger partial charge in [-0.25, -0.2) is 0 Å². The van der Waals surface area contributed by atoms with Gasteiger partial charge in [0.2, 0.25) is 0 Å².